The maximum absolute atomic E-state index is 12.8. The van der Waals surface area contributed by atoms with Crippen LogP contribution < -0.4 is 5.32 Å². The smallest absolute Gasteiger partial charge is 0.278 e. The van der Waals surface area contributed by atoms with Crippen molar-refractivity contribution in [2.45, 2.75) is 27.7 Å². The van der Waals surface area contributed by atoms with Crippen molar-refractivity contribution in [1.82, 2.24) is 25.0 Å². The van der Waals surface area contributed by atoms with Crippen molar-refractivity contribution in [3.05, 3.63) is 58.0 Å². The number of hydrogen-bond donors (Lipinski definition) is 1. The molecule has 0 saturated heterocycles. The lowest BCUT2D eigenvalue weighted by Crippen LogP contribution is -2.14. The third-order valence-electron chi connectivity index (χ3n) is 4.43. The number of pyridine rings is 1. The molecule has 0 aliphatic carbocycles. The van der Waals surface area contributed by atoms with Gasteiger partial charge in [-0.15, -0.1) is 5.10 Å². The second kappa shape index (κ2) is 6.55. The topological polar surface area (TPSA) is 85.6 Å². The van der Waals surface area contributed by atoms with Crippen molar-refractivity contribution >= 4 is 33.8 Å². The maximum atomic E-state index is 12.8. The first kappa shape index (κ1) is 17.3. The lowest BCUT2D eigenvalue weighted by Gasteiger charge is -2.08. The van der Waals surface area contributed by atoms with Crippen molar-refractivity contribution in [2.24, 2.45) is 0 Å². The van der Waals surface area contributed by atoms with Gasteiger partial charge in [0.2, 0.25) is 5.13 Å². The number of carbonyl (C=O) groups is 1. The van der Waals surface area contributed by atoms with Crippen LogP contribution in [0.5, 0.6) is 0 Å². The standard InChI is InChI=1S/C19H18N6OS/c1-10-8-9-14-15(20-10)6-5-7-16(14)22-18(26)17-12(3)25(24-23-17)19-21-11(2)13(4)27-19/h5-9H,1-4H3,(H,22,26). The van der Waals surface area contributed by atoms with Crippen LogP contribution in [-0.4, -0.2) is 30.9 Å². The van der Waals surface area contributed by atoms with Crippen molar-refractivity contribution in [3.63, 3.8) is 0 Å². The van der Waals surface area contributed by atoms with Crippen molar-refractivity contribution in [1.29, 1.82) is 0 Å². The van der Waals surface area contributed by atoms with Gasteiger partial charge in [-0.05, 0) is 52.0 Å². The molecule has 0 aliphatic rings. The average molecular weight is 378 g/mol. The van der Waals surface area contributed by atoms with Crippen molar-refractivity contribution < 1.29 is 4.79 Å². The fourth-order valence-corrected chi connectivity index (χ4v) is 3.72. The summed E-state index contributed by atoms with van der Waals surface area (Å²) in [5.74, 6) is -0.308. The number of carbonyl (C=O) groups excluding carboxylic acids is 1. The minimum absolute atomic E-state index is 0.276. The molecule has 0 saturated carbocycles. The average Bonchev–Trinajstić information content (AvgIpc) is 3.17. The van der Waals surface area contributed by atoms with E-state index >= 15 is 0 Å². The fraction of sp³-hybridized carbons (Fsp3) is 0.211. The summed E-state index contributed by atoms with van der Waals surface area (Å²) >= 11 is 1.52. The summed E-state index contributed by atoms with van der Waals surface area (Å²) in [6.45, 7) is 7.71. The molecule has 0 bridgehead atoms. The molecule has 4 rings (SSSR count). The number of thiazole rings is 1. The molecule has 1 amide bonds. The molecule has 1 aromatic carbocycles. The predicted molar refractivity (Wildman–Crippen MR) is 106 cm³/mol. The zero-order chi connectivity index (χ0) is 19.1. The maximum Gasteiger partial charge on any atom is 0.278 e. The summed E-state index contributed by atoms with van der Waals surface area (Å²) in [6.07, 6.45) is 0. The van der Waals surface area contributed by atoms with E-state index in [9.17, 15) is 4.79 Å². The Bertz CT molecular complexity index is 1160. The van der Waals surface area contributed by atoms with Gasteiger partial charge in [0.15, 0.2) is 5.69 Å². The normalized spacial score (nSPS) is 11.1. The molecule has 0 radical (unpaired) electrons. The van der Waals surface area contributed by atoms with Crippen LogP contribution in [0.25, 0.3) is 16.0 Å². The van der Waals surface area contributed by atoms with Gasteiger partial charge >= 0.3 is 0 Å². The number of aryl methyl sites for hydroxylation is 3. The summed E-state index contributed by atoms with van der Waals surface area (Å²) in [4.78, 5) is 22.9. The predicted octanol–water partition coefficient (Wildman–Crippen LogP) is 3.76. The molecule has 0 spiro atoms. The highest BCUT2D eigenvalue weighted by molar-refractivity contribution is 7.14. The minimum Gasteiger partial charge on any atom is -0.320 e. The fourth-order valence-electron chi connectivity index (χ4n) is 2.81. The first-order valence-electron chi connectivity index (χ1n) is 8.48. The van der Waals surface area contributed by atoms with Gasteiger partial charge in [0.25, 0.3) is 5.91 Å². The first-order chi connectivity index (χ1) is 12.9. The van der Waals surface area contributed by atoms with Crippen LogP contribution >= 0.6 is 11.3 Å². The van der Waals surface area contributed by atoms with Crippen LogP contribution in [0.2, 0.25) is 0 Å². The Balaban J connectivity index is 1.67. The molecule has 0 aliphatic heterocycles. The van der Waals surface area contributed by atoms with Crippen molar-refractivity contribution in [2.75, 3.05) is 5.32 Å². The van der Waals surface area contributed by atoms with E-state index in [1.54, 1.807) is 4.68 Å². The van der Waals surface area contributed by atoms with E-state index in [1.807, 2.05) is 58.0 Å². The number of anilines is 1. The zero-order valence-electron chi connectivity index (χ0n) is 15.4. The van der Waals surface area contributed by atoms with Crippen LogP contribution in [0.3, 0.4) is 0 Å². The van der Waals surface area contributed by atoms with Crippen LogP contribution in [0, 0.1) is 27.7 Å². The van der Waals surface area contributed by atoms with Crippen molar-refractivity contribution in [3.8, 4) is 5.13 Å². The van der Waals surface area contributed by atoms with Crippen LogP contribution in [0.4, 0.5) is 5.69 Å². The van der Waals surface area contributed by atoms with Gasteiger partial charge in [0.05, 0.1) is 22.6 Å². The molecule has 7 nitrogen and oxygen atoms in total. The van der Waals surface area contributed by atoms with Gasteiger partial charge in [0, 0.05) is 16.0 Å². The number of benzene rings is 1. The third-order valence-corrected chi connectivity index (χ3v) is 5.48. The second-order valence-electron chi connectivity index (χ2n) is 6.35. The van der Waals surface area contributed by atoms with E-state index in [4.69, 9.17) is 0 Å². The highest BCUT2D eigenvalue weighted by atomic mass is 32.1. The molecule has 0 fully saturated rings. The molecule has 4 aromatic rings. The molecule has 1 N–H and O–H groups in total. The monoisotopic (exact) mass is 378 g/mol. The summed E-state index contributed by atoms with van der Waals surface area (Å²) in [7, 11) is 0. The highest BCUT2D eigenvalue weighted by Gasteiger charge is 2.20. The van der Waals surface area contributed by atoms with E-state index in [1.165, 1.54) is 11.3 Å². The molecule has 0 atom stereocenters. The number of aromatic nitrogens is 5. The first-order valence-corrected chi connectivity index (χ1v) is 9.30. The van der Waals surface area contributed by atoms with Gasteiger partial charge in [-0.25, -0.2) is 4.98 Å². The SMILES string of the molecule is Cc1ccc2c(NC(=O)c3nnn(-c4nc(C)c(C)s4)c3C)cccc2n1. The Labute approximate surface area is 160 Å². The van der Waals surface area contributed by atoms with E-state index in [2.05, 4.69) is 25.6 Å². The zero-order valence-corrected chi connectivity index (χ0v) is 16.3. The number of fused-ring (bicyclic) bond motifs is 1. The summed E-state index contributed by atoms with van der Waals surface area (Å²) in [5, 5.41) is 12.7. The van der Waals surface area contributed by atoms with E-state index in [0.29, 0.717) is 16.5 Å². The van der Waals surface area contributed by atoms with Gasteiger partial charge in [0.1, 0.15) is 0 Å². The molecule has 27 heavy (non-hydrogen) atoms. The molecule has 3 heterocycles. The van der Waals surface area contributed by atoms with E-state index in [0.717, 1.165) is 27.2 Å². The summed E-state index contributed by atoms with van der Waals surface area (Å²) in [5.41, 5.74) is 4.34. The van der Waals surface area contributed by atoms with Crippen LogP contribution in [0.1, 0.15) is 32.4 Å². The number of hydrogen-bond acceptors (Lipinski definition) is 6. The molecule has 0 unspecified atom stereocenters. The number of nitrogens with zero attached hydrogens (tertiary/aromatic N) is 5. The van der Waals surface area contributed by atoms with Gasteiger partial charge < -0.3 is 5.32 Å². The Morgan fingerprint density at radius 3 is 2.63 bits per heavy atom. The number of rotatable bonds is 3. The Kier molecular flexibility index (Phi) is 4.19. The van der Waals surface area contributed by atoms with Crippen LogP contribution in [-0.2, 0) is 0 Å². The molecule has 3 aromatic heterocycles. The Morgan fingerprint density at radius 1 is 1.07 bits per heavy atom. The van der Waals surface area contributed by atoms with Gasteiger partial charge in [-0.3, -0.25) is 9.78 Å². The molecule has 8 heteroatoms. The third kappa shape index (κ3) is 3.08. The number of nitrogens with one attached hydrogen (secondary N) is 1. The largest absolute Gasteiger partial charge is 0.320 e. The quantitative estimate of drug-likeness (QED) is 0.587. The van der Waals surface area contributed by atoms with Gasteiger partial charge in [-0.2, -0.15) is 4.68 Å². The van der Waals surface area contributed by atoms with E-state index < -0.39 is 0 Å². The molecular formula is C19H18N6OS. The van der Waals surface area contributed by atoms with Crippen LogP contribution in [0.15, 0.2) is 30.3 Å². The lowest BCUT2D eigenvalue weighted by molar-refractivity contribution is 0.102. The lowest BCUT2D eigenvalue weighted by atomic mass is 10.1. The molecule has 136 valence electrons. The molecular weight excluding hydrogens is 360 g/mol. The number of amides is 1. The van der Waals surface area contributed by atoms with E-state index in [-0.39, 0.29) is 11.6 Å². The Morgan fingerprint density at radius 2 is 1.89 bits per heavy atom. The Hall–Kier alpha value is -3.13. The summed E-state index contributed by atoms with van der Waals surface area (Å²) < 4.78 is 1.60. The minimum atomic E-state index is -0.308. The summed E-state index contributed by atoms with van der Waals surface area (Å²) in [6, 6.07) is 9.52. The van der Waals surface area contributed by atoms with Gasteiger partial charge in [-0.1, -0.05) is 22.6 Å². The highest BCUT2D eigenvalue weighted by Crippen LogP contribution is 2.24. The second-order valence-corrected chi connectivity index (χ2v) is 7.53.